The van der Waals surface area contributed by atoms with E-state index in [0.29, 0.717) is 5.56 Å². The summed E-state index contributed by atoms with van der Waals surface area (Å²) in [6.45, 7) is 1.80. The molecule has 4 nitrogen and oxygen atoms in total. The number of thiophene rings is 1. The molecule has 1 unspecified atom stereocenters. The molecule has 1 heterocycles. The van der Waals surface area contributed by atoms with Gasteiger partial charge in [-0.1, -0.05) is 24.3 Å². The highest BCUT2D eigenvalue weighted by Crippen LogP contribution is 2.24. The second-order valence-electron chi connectivity index (χ2n) is 4.83. The first-order valence-corrected chi connectivity index (χ1v) is 7.17. The number of benzene rings is 1. The molecule has 0 aliphatic carbocycles. The molecular formula is C15H17NO3S. The first-order chi connectivity index (χ1) is 9.49. The van der Waals surface area contributed by atoms with Gasteiger partial charge in [0.15, 0.2) is 0 Å². The van der Waals surface area contributed by atoms with Crippen molar-refractivity contribution in [2.24, 2.45) is 0 Å². The second-order valence-corrected chi connectivity index (χ2v) is 5.78. The Morgan fingerprint density at radius 2 is 2.05 bits per heavy atom. The summed E-state index contributed by atoms with van der Waals surface area (Å²) in [5, 5.41) is 24.5. The van der Waals surface area contributed by atoms with E-state index in [2.05, 4.69) is 5.32 Å². The molecule has 1 aromatic carbocycles. The summed E-state index contributed by atoms with van der Waals surface area (Å²) in [4.78, 5) is 12.7. The number of hydrogen-bond donors (Lipinski definition) is 3. The number of aromatic hydroxyl groups is 1. The van der Waals surface area contributed by atoms with Crippen LogP contribution in [0, 0.1) is 0 Å². The fraction of sp³-hybridized carbons (Fsp3) is 0.267. The van der Waals surface area contributed by atoms with Crippen LogP contribution in [0.1, 0.15) is 17.4 Å². The van der Waals surface area contributed by atoms with Gasteiger partial charge in [0.2, 0.25) is 5.91 Å². The fourth-order valence-corrected chi connectivity index (χ4v) is 2.63. The van der Waals surface area contributed by atoms with E-state index in [1.165, 1.54) is 11.3 Å². The number of hydrogen-bond acceptors (Lipinski definition) is 4. The SMILES string of the molecule is CC(O)(CNC(=O)Cc1ccccc1O)c1cccs1. The van der Waals surface area contributed by atoms with Gasteiger partial charge in [-0.2, -0.15) is 0 Å². The average Bonchev–Trinajstić information content (AvgIpc) is 2.94. The Morgan fingerprint density at radius 1 is 1.30 bits per heavy atom. The molecule has 0 aliphatic rings. The van der Waals surface area contributed by atoms with Crippen LogP contribution in [0.2, 0.25) is 0 Å². The molecule has 2 rings (SSSR count). The van der Waals surface area contributed by atoms with Crippen molar-refractivity contribution in [2.45, 2.75) is 18.9 Å². The minimum atomic E-state index is -1.08. The predicted molar refractivity (Wildman–Crippen MR) is 78.7 cm³/mol. The molecule has 0 spiro atoms. The van der Waals surface area contributed by atoms with Gasteiger partial charge in [0.25, 0.3) is 0 Å². The van der Waals surface area contributed by atoms with E-state index in [1.54, 1.807) is 31.2 Å². The van der Waals surface area contributed by atoms with E-state index in [4.69, 9.17) is 0 Å². The van der Waals surface area contributed by atoms with Crippen molar-refractivity contribution >= 4 is 17.2 Å². The lowest BCUT2D eigenvalue weighted by molar-refractivity contribution is -0.121. The Morgan fingerprint density at radius 3 is 2.70 bits per heavy atom. The van der Waals surface area contributed by atoms with Gasteiger partial charge < -0.3 is 15.5 Å². The van der Waals surface area contributed by atoms with Crippen LogP contribution in [0.15, 0.2) is 41.8 Å². The Bertz CT molecular complexity index is 579. The van der Waals surface area contributed by atoms with Gasteiger partial charge in [0.05, 0.1) is 13.0 Å². The number of phenols is 1. The lowest BCUT2D eigenvalue weighted by Gasteiger charge is -2.22. The number of phenolic OH excluding ortho intramolecular Hbond substituents is 1. The summed E-state index contributed by atoms with van der Waals surface area (Å²) >= 11 is 1.45. The molecule has 106 valence electrons. The van der Waals surface area contributed by atoms with Crippen molar-refractivity contribution in [2.75, 3.05) is 6.54 Å². The first kappa shape index (κ1) is 14.6. The molecule has 0 radical (unpaired) electrons. The van der Waals surface area contributed by atoms with Gasteiger partial charge in [-0.25, -0.2) is 0 Å². The summed E-state index contributed by atoms with van der Waals surface area (Å²) in [7, 11) is 0. The number of amides is 1. The number of para-hydroxylation sites is 1. The first-order valence-electron chi connectivity index (χ1n) is 6.29. The molecular weight excluding hydrogens is 274 g/mol. The Labute approximate surface area is 121 Å². The monoisotopic (exact) mass is 291 g/mol. The van der Waals surface area contributed by atoms with Gasteiger partial charge in [-0.15, -0.1) is 11.3 Å². The predicted octanol–water partition coefficient (Wildman–Crippen LogP) is 2.02. The smallest absolute Gasteiger partial charge is 0.224 e. The topological polar surface area (TPSA) is 69.6 Å². The third kappa shape index (κ3) is 3.59. The zero-order chi connectivity index (χ0) is 14.6. The largest absolute Gasteiger partial charge is 0.508 e. The highest BCUT2D eigenvalue weighted by Gasteiger charge is 2.24. The molecule has 1 atom stereocenters. The van der Waals surface area contributed by atoms with Crippen LogP contribution in [-0.2, 0) is 16.8 Å². The Hall–Kier alpha value is -1.85. The van der Waals surface area contributed by atoms with E-state index >= 15 is 0 Å². The molecule has 20 heavy (non-hydrogen) atoms. The number of rotatable bonds is 5. The van der Waals surface area contributed by atoms with E-state index < -0.39 is 5.60 Å². The molecule has 0 fully saturated rings. The lowest BCUT2D eigenvalue weighted by Crippen LogP contribution is -2.38. The van der Waals surface area contributed by atoms with Crippen molar-refractivity contribution in [1.82, 2.24) is 5.32 Å². The molecule has 1 amide bonds. The minimum absolute atomic E-state index is 0.0905. The summed E-state index contributed by atoms with van der Waals surface area (Å²) in [6.07, 6.45) is 0.0905. The zero-order valence-electron chi connectivity index (χ0n) is 11.2. The van der Waals surface area contributed by atoms with Gasteiger partial charge in [0.1, 0.15) is 11.4 Å². The molecule has 5 heteroatoms. The average molecular weight is 291 g/mol. The van der Waals surface area contributed by atoms with E-state index in [-0.39, 0.29) is 24.6 Å². The normalized spacial score (nSPS) is 13.7. The quantitative estimate of drug-likeness (QED) is 0.789. The fourth-order valence-electron chi connectivity index (χ4n) is 1.84. The van der Waals surface area contributed by atoms with E-state index in [9.17, 15) is 15.0 Å². The van der Waals surface area contributed by atoms with Crippen LogP contribution in [0.4, 0.5) is 0 Å². The minimum Gasteiger partial charge on any atom is -0.508 e. The van der Waals surface area contributed by atoms with Crippen LogP contribution in [0.25, 0.3) is 0 Å². The maximum Gasteiger partial charge on any atom is 0.224 e. The van der Waals surface area contributed by atoms with Crippen LogP contribution in [0.5, 0.6) is 5.75 Å². The highest BCUT2D eigenvalue weighted by molar-refractivity contribution is 7.10. The number of aliphatic hydroxyl groups is 1. The van der Waals surface area contributed by atoms with Crippen LogP contribution >= 0.6 is 11.3 Å². The van der Waals surface area contributed by atoms with Gasteiger partial charge in [0, 0.05) is 10.4 Å². The molecule has 0 saturated carbocycles. The third-order valence-electron chi connectivity index (χ3n) is 3.02. The Balaban J connectivity index is 1.91. The van der Waals surface area contributed by atoms with Crippen molar-refractivity contribution in [3.8, 4) is 5.75 Å². The maximum absolute atomic E-state index is 11.9. The van der Waals surface area contributed by atoms with Crippen LogP contribution < -0.4 is 5.32 Å². The standard InChI is InChI=1S/C15H17NO3S/c1-15(19,13-7-4-8-20-13)10-16-14(18)9-11-5-2-3-6-12(11)17/h2-8,17,19H,9-10H2,1H3,(H,16,18). The van der Waals surface area contributed by atoms with Crippen LogP contribution in [0.3, 0.4) is 0 Å². The van der Waals surface area contributed by atoms with Crippen LogP contribution in [-0.4, -0.2) is 22.7 Å². The molecule has 3 N–H and O–H groups in total. The molecule has 0 saturated heterocycles. The summed E-state index contributed by atoms with van der Waals surface area (Å²) < 4.78 is 0. The highest BCUT2D eigenvalue weighted by atomic mass is 32.1. The molecule has 0 aliphatic heterocycles. The lowest BCUT2D eigenvalue weighted by atomic mass is 10.0. The summed E-state index contributed by atoms with van der Waals surface area (Å²) in [5.41, 5.74) is -0.511. The van der Waals surface area contributed by atoms with E-state index in [0.717, 1.165) is 4.88 Å². The van der Waals surface area contributed by atoms with Crippen molar-refractivity contribution in [1.29, 1.82) is 0 Å². The Kier molecular flexibility index (Phi) is 4.42. The second kappa shape index (κ2) is 6.07. The van der Waals surface area contributed by atoms with Crippen molar-refractivity contribution < 1.29 is 15.0 Å². The summed E-state index contributed by atoms with van der Waals surface area (Å²) in [6, 6.07) is 10.4. The number of nitrogens with one attached hydrogen (secondary N) is 1. The number of carbonyl (C=O) groups excluding carboxylic acids is 1. The maximum atomic E-state index is 11.9. The molecule has 2 aromatic rings. The van der Waals surface area contributed by atoms with Crippen molar-refractivity contribution in [3.63, 3.8) is 0 Å². The van der Waals surface area contributed by atoms with Gasteiger partial charge >= 0.3 is 0 Å². The van der Waals surface area contributed by atoms with Gasteiger partial charge in [-0.05, 0) is 24.4 Å². The van der Waals surface area contributed by atoms with Gasteiger partial charge in [-0.3, -0.25) is 4.79 Å². The summed E-state index contributed by atoms with van der Waals surface area (Å²) in [5.74, 6) is -0.129. The molecule has 1 aromatic heterocycles. The van der Waals surface area contributed by atoms with E-state index in [1.807, 2.05) is 17.5 Å². The zero-order valence-corrected chi connectivity index (χ0v) is 12.0. The molecule has 0 bridgehead atoms. The number of carbonyl (C=O) groups is 1. The van der Waals surface area contributed by atoms with Crippen molar-refractivity contribution in [3.05, 3.63) is 52.2 Å². The third-order valence-corrected chi connectivity index (χ3v) is 4.15.